The van der Waals surface area contributed by atoms with Gasteiger partial charge in [0.15, 0.2) is 0 Å². The normalized spacial score (nSPS) is 19.6. The van der Waals surface area contributed by atoms with Crippen LogP contribution in [0.3, 0.4) is 0 Å². The second-order valence-corrected chi connectivity index (χ2v) is 8.41. The summed E-state index contributed by atoms with van der Waals surface area (Å²) in [6, 6.07) is 6.62. The third kappa shape index (κ3) is 6.00. The van der Waals surface area contributed by atoms with Crippen LogP contribution in [0.25, 0.3) is 0 Å². The van der Waals surface area contributed by atoms with Crippen molar-refractivity contribution in [2.75, 3.05) is 11.9 Å². The average Bonchev–Trinajstić information content (AvgIpc) is 3.02. The van der Waals surface area contributed by atoms with Crippen LogP contribution in [0.15, 0.2) is 35.6 Å². The van der Waals surface area contributed by atoms with Crippen molar-refractivity contribution in [3.63, 3.8) is 0 Å². The van der Waals surface area contributed by atoms with Crippen LogP contribution >= 0.6 is 0 Å². The number of hydrogen-bond acceptors (Lipinski definition) is 4. The fraction of sp³-hybridized carbons (Fsp3) is 0.583. The Bertz CT molecular complexity index is 751. The number of amides is 2. The number of rotatable bonds is 10. The number of anilines is 1. The third-order valence-electron chi connectivity index (χ3n) is 6.02. The van der Waals surface area contributed by atoms with Gasteiger partial charge in [-0.2, -0.15) is 0 Å². The van der Waals surface area contributed by atoms with Gasteiger partial charge in [-0.3, -0.25) is 9.59 Å². The average molecular weight is 415 g/mol. The second-order valence-electron chi connectivity index (χ2n) is 8.41. The van der Waals surface area contributed by atoms with Gasteiger partial charge in [0.2, 0.25) is 0 Å². The zero-order chi connectivity index (χ0) is 21.3. The van der Waals surface area contributed by atoms with Crippen molar-refractivity contribution in [2.45, 2.75) is 77.2 Å². The zero-order valence-electron chi connectivity index (χ0n) is 17.9. The number of carbonyl (C=O) groups is 2. The number of aliphatic hydroxyl groups is 1. The first-order chi connectivity index (χ1) is 14.6. The van der Waals surface area contributed by atoms with Crippen molar-refractivity contribution in [2.24, 2.45) is 5.92 Å². The summed E-state index contributed by atoms with van der Waals surface area (Å²) in [5.74, 6) is 0.0261. The number of unbranched alkanes of at least 4 members (excludes halogenated alkanes) is 3. The van der Waals surface area contributed by atoms with Crippen LogP contribution in [-0.2, 0) is 9.59 Å². The highest BCUT2D eigenvalue weighted by Gasteiger charge is 2.37. The molecular weight excluding hydrogens is 380 g/mol. The number of hydrogen-bond donors (Lipinski definition) is 3. The summed E-state index contributed by atoms with van der Waals surface area (Å²) in [5.41, 5.74) is 0.384. The number of aliphatic hydroxyl groups excluding tert-OH is 1. The third-order valence-corrected chi connectivity index (χ3v) is 6.02. The van der Waals surface area contributed by atoms with E-state index in [2.05, 4.69) is 17.6 Å². The summed E-state index contributed by atoms with van der Waals surface area (Å²) in [5, 5.41) is 16.0. The predicted molar refractivity (Wildman–Crippen MR) is 117 cm³/mol. The van der Waals surface area contributed by atoms with Gasteiger partial charge in [-0.05, 0) is 43.0 Å². The number of carbonyl (C=O) groups excluding carboxylic acids is 2. The molecule has 3 N–H and O–H groups in total. The number of ether oxygens (including phenoxy) is 1. The molecule has 2 aliphatic rings. The van der Waals surface area contributed by atoms with Gasteiger partial charge in [-0.1, -0.05) is 58.3 Å². The van der Waals surface area contributed by atoms with Gasteiger partial charge in [0.05, 0.1) is 12.6 Å². The molecule has 1 saturated carbocycles. The molecule has 30 heavy (non-hydrogen) atoms. The summed E-state index contributed by atoms with van der Waals surface area (Å²) >= 11 is 0. The summed E-state index contributed by atoms with van der Waals surface area (Å²) in [7, 11) is 0. The van der Waals surface area contributed by atoms with E-state index >= 15 is 0 Å². The summed E-state index contributed by atoms with van der Waals surface area (Å²) in [4.78, 5) is 24.9. The lowest BCUT2D eigenvalue weighted by molar-refractivity contribution is -0.120. The molecule has 1 aromatic carbocycles. The molecule has 164 valence electrons. The first-order valence-corrected chi connectivity index (χ1v) is 11.4. The lowest BCUT2D eigenvalue weighted by atomic mass is 9.84. The van der Waals surface area contributed by atoms with E-state index in [9.17, 15) is 14.7 Å². The van der Waals surface area contributed by atoms with Crippen molar-refractivity contribution in [3.8, 4) is 5.75 Å². The molecule has 6 nitrogen and oxygen atoms in total. The smallest absolute Gasteiger partial charge is 0.264 e. The molecule has 1 aromatic rings. The molecule has 1 aliphatic heterocycles. The fourth-order valence-electron chi connectivity index (χ4n) is 4.28. The van der Waals surface area contributed by atoms with Crippen LogP contribution < -0.4 is 15.4 Å². The maximum atomic E-state index is 12.6. The Balaban J connectivity index is 1.53. The van der Waals surface area contributed by atoms with Gasteiger partial charge < -0.3 is 20.5 Å². The van der Waals surface area contributed by atoms with E-state index in [1.807, 2.05) is 0 Å². The van der Waals surface area contributed by atoms with Gasteiger partial charge in [-0.25, -0.2) is 0 Å². The molecule has 1 atom stereocenters. The molecule has 2 amide bonds. The van der Waals surface area contributed by atoms with Crippen molar-refractivity contribution in [1.82, 2.24) is 5.32 Å². The van der Waals surface area contributed by atoms with Gasteiger partial charge >= 0.3 is 0 Å². The highest BCUT2D eigenvalue weighted by molar-refractivity contribution is 6.24. The Morgan fingerprint density at radius 1 is 1.13 bits per heavy atom. The van der Waals surface area contributed by atoms with Gasteiger partial charge in [0.1, 0.15) is 17.1 Å². The maximum Gasteiger partial charge on any atom is 0.264 e. The molecule has 0 spiro atoms. The minimum Gasteiger partial charge on any atom is -0.509 e. The minimum absolute atomic E-state index is 0.130. The Hall–Kier alpha value is -2.50. The molecule has 1 heterocycles. The van der Waals surface area contributed by atoms with Gasteiger partial charge in [-0.15, -0.1) is 0 Å². The lowest BCUT2D eigenvalue weighted by Crippen LogP contribution is -2.32. The van der Waals surface area contributed by atoms with E-state index in [-0.39, 0.29) is 11.3 Å². The Morgan fingerprint density at radius 3 is 2.57 bits per heavy atom. The first kappa shape index (κ1) is 22.2. The Kier molecular flexibility index (Phi) is 8.17. The molecule has 1 unspecified atom stereocenters. The molecule has 0 radical (unpaired) electrons. The summed E-state index contributed by atoms with van der Waals surface area (Å²) in [6.07, 6.45) is 11.2. The van der Waals surface area contributed by atoms with Gasteiger partial charge in [0.25, 0.3) is 11.8 Å². The van der Waals surface area contributed by atoms with E-state index in [0.717, 1.165) is 31.4 Å². The lowest BCUT2D eigenvalue weighted by Gasteiger charge is -2.24. The van der Waals surface area contributed by atoms with Crippen molar-refractivity contribution >= 4 is 17.5 Å². The van der Waals surface area contributed by atoms with Crippen LogP contribution in [0.1, 0.15) is 71.1 Å². The van der Waals surface area contributed by atoms with Crippen LogP contribution in [0.2, 0.25) is 0 Å². The molecular formula is C24H34N2O4. The van der Waals surface area contributed by atoms with Crippen molar-refractivity contribution in [3.05, 3.63) is 35.6 Å². The second kappa shape index (κ2) is 11.0. The van der Waals surface area contributed by atoms with Crippen LogP contribution in [-0.4, -0.2) is 29.6 Å². The maximum absolute atomic E-state index is 12.6. The Labute approximate surface area is 179 Å². The number of nitrogens with one attached hydrogen (secondary N) is 2. The number of benzene rings is 1. The molecule has 1 aliphatic carbocycles. The van der Waals surface area contributed by atoms with Crippen LogP contribution in [0.4, 0.5) is 5.69 Å². The van der Waals surface area contributed by atoms with E-state index in [1.165, 1.54) is 32.1 Å². The largest absolute Gasteiger partial charge is 0.509 e. The Morgan fingerprint density at radius 2 is 1.87 bits per heavy atom. The van der Waals surface area contributed by atoms with Crippen LogP contribution in [0.5, 0.6) is 5.75 Å². The molecule has 1 fully saturated rings. The molecule has 0 bridgehead atoms. The summed E-state index contributed by atoms with van der Waals surface area (Å²) in [6.45, 7) is 2.85. The van der Waals surface area contributed by atoms with Crippen molar-refractivity contribution < 1.29 is 19.4 Å². The van der Waals surface area contributed by atoms with E-state index in [4.69, 9.17) is 4.74 Å². The predicted octanol–water partition coefficient (Wildman–Crippen LogP) is 4.87. The summed E-state index contributed by atoms with van der Waals surface area (Å²) < 4.78 is 5.71. The highest BCUT2D eigenvalue weighted by Crippen LogP contribution is 2.31. The fourth-order valence-corrected chi connectivity index (χ4v) is 4.28. The van der Waals surface area contributed by atoms with Gasteiger partial charge in [0, 0.05) is 5.69 Å². The van der Waals surface area contributed by atoms with E-state index in [1.54, 1.807) is 24.3 Å². The molecule has 3 rings (SSSR count). The van der Waals surface area contributed by atoms with E-state index in [0.29, 0.717) is 24.6 Å². The SMILES string of the molecule is CCCCCCOc1ccc(NC(=O)C2=C(O)C(CC3CCCCC3)NC2=O)cc1. The highest BCUT2D eigenvalue weighted by atomic mass is 16.5. The van der Waals surface area contributed by atoms with Crippen LogP contribution in [0, 0.1) is 5.92 Å². The van der Waals surface area contributed by atoms with Crippen molar-refractivity contribution in [1.29, 1.82) is 0 Å². The molecule has 6 heteroatoms. The topological polar surface area (TPSA) is 87.7 Å². The van der Waals surface area contributed by atoms with E-state index < -0.39 is 17.9 Å². The zero-order valence-corrected chi connectivity index (χ0v) is 17.9. The monoisotopic (exact) mass is 414 g/mol. The standard InChI is InChI=1S/C24H34N2O4/c1-2-3-4-8-15-30-19-13-11-18(12-14-19)25-23(28)21-22(27)20(26-24(21)29)16-17-9-6-5-7-10-17/h11-14,17,20,27H,2-10,15-16H2,1H3,(H,25,28)(H,26,29). The molecule has 0 aromatic heterocycles. The first-order valence-electron chi connectivity index (χ1n) is 11.4. The quantitative estimate of drug-likeness (QED) is 0.377. The molecule has 0 saturated heterocycles. The minimum atomic E-state index is -0.579.